The van der Waals surface area contributed by atoms with Crippen LogP contribution in [0.25, 0.3) is 0 Å². The minimum absolute atomic E-state index is 0.0417. The number of hydrogen-bond donors (Lipinski definition) is 2. The Morgan fingerprint density at radius 3 is 2.42 bits per heavy atom. The van der Waals surface area contributed by atoms with Crippen LogP contribution in [0.5, 0.6) is 0 Å². The molecule has 0 aliphatic heterocycles. The number of hydrogen-bond acceptors (Lipinski definition) is 3. The standard InChI is InChI=1S/C12H16BrNO4S/c1-3-8(4-2)14-19(17,18)9-5-6-11(13)10(7-9)12(15)16/h5-8,14H,3-4H2,1-2H3,(H,15,16). The van der Waals surface area contributed by atoms with Gasteiger partial charge in [0, 0.05) is 10.5 Å². The van der Waals surface area contributed by atoms with Gasteiger partial charge >= 0.3 is 5.97 Å². The van der Waals surface area contributed by atoms with Crippen LogP contribution in [0.3, 0.4) is 0 Å². The summed E-state index contributed by atoms with van der Waals surface area (Å²) < 4.78 is 27.2. The molecule has 0 saturated heterocycles. The molecule has 0 aromatic heterocycles. The van der Waals surface area contributed by atoms with Crippen LogP contribution in [0.4, 0.5) is 0 Å². The van der Waals surface area contributed by atoms with Crippen LogP contribution in [-0.2, 0) is 10.0 Å². The molecule has 0 spiro atoms. The Labute approximate surface area is 121 Å². The summed E-state index contributed by atoms with van der Waals surface area (Å²) in [5.41, 5.74) is -0.0765. The van der Waals surface area contributed by atoms with Crippen molar-refractivity contribution in [1.82, 2.24) is 4.72 Å². The Balaban J connectivity index is 3.15. The summed E-state index contributed by atoms with van der Waals surface area (Å²) in [7, 11) is -3.69. The van der Waals surface area contributed by atoms with Gasteiger partial charge in [-0.2, -0.15) is 0 Å². The Kier molecular flexibility index (Phi) is 5.51. The largest absolute Gasteiger partial charge is 0.478 e. The van der Waals surface area contributed by atoms with E-state index in [-0.39, 0.29) is 16.5 Å². The number of carboxylic acid groups (broad SMARTS) is 1. The second kappa shape index (κ2) is 6.49. The molecule has 0 saturated carbocycles. The van der Waals surface area contributed by atoms with Crippen molar-refractivity contribution in [1.29, 1.82) is 0 Å². The Bertz CT molecular complexity index is 567. The molecular weight excluding hydrogens is 334 g/mol. The number of rotatable bonds is 6. The van der Waals surface area contributed by atoms with Gasteiger partial charge in [0.1, 0.15) is 0 Å². The van der Waals surface area contributed by atoms with Crippen LogP contribution in [0.2, 0.25) is 0 Å². The fourth-order valence-corrected chi connectivity index (χ4v) is 3.42. The zero-order valence-corrected chi connectivity index (χ0v) is 13.1. The van der Waals surface area contributed by atoms with E-state index in [0.29, 0.717) is 17.3 Å². The van der Waals surface area contributed by atoms with Gasteiger partial charge < -0.3 is 5.11 Å². The number of halogens is 1. The molecule has 5 nitrogen and oxygen atoms in total. The number of carboxylic acids is 1. The van der Waals surface area contributed by atoms with Gasteiger partial charge in [-0.25, -0.2) is 17.9 Å². The number of aromatic carboxylic acids is 1. The lowest BCUT2D eigenvalue weighted by molar-refractivity contribution is 0.0695. The molecule has 0 radical (unpaired) electrons. The van der Waals surface area contributed by atoms with Crippen LogP contribution in [0.1, 0.15) is 37.0 Å². The quantitative estimate of drug-likeness (QED) is 0.826. The van der Waals surface area contributed by atoms with E-state index in [2.05, 4.69) is 20.7 Å². The van der Waals surface area contributed by atoms with Crippen molar-refractivity contribution in [2.24, 2.45) is 0 Å². The van der Waals surface area contributed by atoms with Crippen LogP contribution in [0.15, 0.2) is 27.6 Å². The summed E-state index contributed by atoms with van der Waals surface area (Å²) in [5, 5.41) is 8.98. The van der Waals surface area contributed by atoms with Gasteiger partial charge in [-0.3, -0.25) is 0 Å². The molecule has 106 valence electrons. The average molecular weight is 350 g/mol. The molecular formula is C12H16BrNO4S. The normalized spacial score (nSPS) is 11.8. The van der Waals surface area contributed by atoms with Gasteiger partial charge in [-0.15, -0.1) is 0 Å². The van der Waals surface area contributed by atoms with Gasteiger partial charge in [0.05, 0.1) is 10.5 Å². The minimum Gasteiger partial charge on any atom is -0.478 e. The van der Waals surface area contributed by atoms with Gasteiger partial charge in [0.25, 0.3) is 0 Å². The van der Waals surface area contributed by atoms with Crippen molar-refractivity contribution in [3.8, 4) is 0 Å². The maximum absolute atomic E-state index is 12.1. The van der Waals surface area contributed by atoms with Crippen molar-refractivity contribution in [3.05, 3.63) is 28.2 Å². The lowest BCUT2D eigenvalue weighted by Crippen LogP contribution is -2.33. The molecule has 7 heteroatoms. The van der Waals surface area contributed by atoms with Crippen molar-refractivity contribution >= 4 is 31.9 Å². The topological polar surface area (TPSA) is 83.5 Å². The van der Waals surface area contributed by atoms with E-state index >= 15 is 0 Å². The van der Waals surface area contributed by atoms with Gasteiger partial charge in [0.2, 0.25) is 10.0 Å². The van der Waals surface area contributed by atoms with Gasteiger partial charge in [-0.1, -0.05) is 13.8 Å². The summed E-state index contributed by atoms with van der Waals surface area (Å²) in [4.78, 5) is 10.9. The van der Waals surface area contributed by atoms with Crippen molar-refractivity contribution in [2.45, 2.75) is 37.6 Å². The maximum Gasteiger partial charge on any atom is 0.336 e. The predicted molar refractivity (Wildman–Crippen MR) is 75.8 cm³/mol. The van der Waals surface area contributed by atoms with Crippen LogP contribution < -0.4 is 4.72 Å². The molecule has 1 aromatic rings. The number of sulfonamides is 1. The first-order valence-corrected chi connectivity index (χ1v) is 8.14. The highest BCUT2D eigenvalue weighted by molar-refractivity contribution is 9.10. The summed E-state index contributed by atoms with van der Waals surface area (Å²) in [5.74, 6) is -1.17. The fraction of sp³-hybridized carbons (Fsp3) is 0.417. The molecule has 2 N–H and O–H groups in total. The highest BCUT2D eigenvalue weighted by Crippen LogP contribution is 2.21. The lowest BCUT2D eigenvalue weighted by atomic mass is 10.2. The van der Waals surface area contributed by atoms with E-state index < -0.39 is 16.0 Å². The van der Waals surface area contributed by atoms with E-state index in [9.17, 15) is 13.2 Å². The number of carbonyl (C=O) groups is 1. The third-order valence-electron chi connectivity index (χ3n) is 2.79. The summed E-state index contributed by atoms with van der Waals surface area (Å²) in [6, 6.07) is 3.80. The second-order valence-corrected chi connectivity index (χ2v) is 6.65. The summed E-state index contributed by atoms with van der Waals surface area (Å²) in [6.07, 6.45) is 1.36. The Hall–Kier alpha value is -0.920. The first-order valence-electron chi connectivity index (χ1n) is 5.87. The third-order valence-corrected chi connectivity index (χ3v) is 5.00. The molecule has 0 aliphatic rings. The third kappa shape index (κ3) is 4.02. The zero-order chi connectivity index (χ0) is 14.6. The molecule has 0 fully saturated rings. The van der Waals surface area contributed by atoms with Crippen molar-refractivity contribution in [2.75, 3.05) is 0 Å². The average Bonchev–Trinajstić information content (AvgIpc) is 2.35. The number of benzene rings is 1. The molecule has 0 heterocycles. The molecule has 0 amide bonds. The van der Waals surface area contributed by atoms with E-state index in [1.807, 2.05) is 13.8 Å². The van der Waals surface area contributed by atoms with E-state index in [1.54, 1.807) is 0 Å². The van der Waals surface area contributed by atoms with E-state index in [1.165, 1.54) is 12.1 Å². The number of nitrogens with one attached hydrogen (secondary N) is 1. The van der Waals surface area contributed by atoms with Crippen molar-refractivity contribution in [3.63, 3.8) is 0 Å². The monoisotopic (exact) mass is 349 g/mol. The fourth-order valence-electron chi connectivity index (χ4n) is 1.58. The summed E-state index contributed by atoms with van der Waals surface area (Å²) >= 11 is 3.08. The molecule has 0 atom stereocenters. The minimum atomic E-state index is -3.69. The maximum atomic E-state index is 12.1. The SMILES string of the molecule is CCC(CC)NS(=O)(=O)c1ccc(Br)c(C(=O)O)c1. The Morgan fingerprint density at radius 1 is 1.37 bits per heavy atom. The van der Waals surface area contributed by atoms with Crippen LogP contribution in [-0.4, -0.2) is 25.5 Å². The first kappa shape index (κ1) is 16.1. The molecule has 1 rings (SSSR count). The van der Waals surface area contributed by atoms with E-state index in [4.69, 9.17) is 5.11 Å². The van der Waals surface area contributed by atoms with Crippen molar-refractivity contribution < 1.29 is 18.3 Å². The molecule has 0 unspecified atom stereocenters. The van der Waals surface area contributed by atoms with Gasteiger partial charge in [0.15, 0.2) is 0 Å². The van der Waals surface area contributed by atoms with Gasteiger partial charge in [-0.05, 0) is 47.0 Å². The highest BCUT2D eigenvalue weighted by atomic mass is 79.9. The second-order valence-electron chi connectivity index (χ2n) is 4.08. The molecule has 19 heavy (non-hydrogen) atoms. The lowest BCUT2D eigenvalue weighted by Gasteiger charge is -2.15. The molecule has 0 aliphatic carbocycles. The molecule has 1 aromatic carbocycles. The first-order chi connectivity index (χ1) is 8.81. The highest BCUT2D eigenvalue weighted by Gasteiger charge is 2.20. The smallest absolute Gasteiger partial charge is 0.336 e. The zero-order valence-electron chi connectivity index (χ0n) is 10.7. The van der Waals surface area contributed by atoms with Crippen LogP contribution >= 0.6 is 15.9 Å². The van der Waals surface area contributed by atoms with Crippen LogP contribution in [0, 0.1) is 0 Å². The predicted octanol–water partition coefficient (Wildman–Crippen LogP) is 2.61. The Morgan fingerprint density at radius 2 is 1.95 bits per heavy atom. The summed E-state index contributed by atoms with van der Waals surface area (Å²) in [6.45, 7) is 3.78. The van der Waals surface area contributed by atoms with E-state index in [0.717, 1.165) is 6.07 Å². The molecule has 0 bridgehead atoms.